The number of anilines is 1. The standard InChI is InChI=1S/C18H20ClN5O3S/c1-11-4-5-16(15(19)8-11)22-17(25)6-7-21-28(26,27)13-9-14-12(2)23-24(3)18(14)20-10-13/h4-5,8-10,21H,6-7H2,1-3H3,(H,22,25). The van der Waals surface area contributed by atoms with Crippen LogP contribution in [0.15, 0.2) is 35.4 Å². The van der Waals surface area contributed by atoms with Gasteiger partial charge < -0.3 is 5.32 Å². The lowest BCUT2D eigenvalue weighted by Gasteiger charge is -2.09. The van der Waals surface area contributed by atoms with E-state index < -0.39 is 10.0 Å². The van der Waals surface area contributed by atoms with Crippen LogP contribution in [0.2, 0.25) is 5.02 Å². The number of nitrogens with zero attached hydrogens (tertiary/aromatic N) is 3. The molecule has 8 nitrogen and oxygen atoms in total. The number of pyridine rings is 1. The van der Waals surface area contributed by atoms with E-state index in [-0.39, 0.29) is 23.8 Å². The van der Waals surface area contributed by atoms with Crippen LogP contribution in [0.3, 0.4) is 0 Å². The summed E-state index contributed by atoms with van der Waals surface area (Å²) in [6.45, 7) is 3.63. The lowest BCUT2D eigenvalue weighted by molar-refractivity contribution is -0.116. The number of nitrogens with one attached hydrogen (secondary N) is 2. The van der Waals surface area contributed by atoms with Crippen molar-refractivity contribution in [3.05, 3.63) is 46.7 Å². The second-order valence-corrected chi connectivity index (χ2v) is 8.60. The van der Waals surface area contributed by atoms with E-state index in [0.717, 1.165) is 5.56 Å². The van der Waals surface area contributed by atoms with Gasteiger partial charge in [-0.15, -0.1) is 0 Å². The van der Waals surface area contributed by atoms with Gasteiger partial charge in [-0.2, -0.15) is 5.10 Å². The number of benzene rings is 1. The minimum atomic E-state index is -3.80. The van der Waals surface area contributed by atoms with Crippen molar-refractivity contribution in [3.8, 4) is 0 Å². The number of carbonyl (C=O) groups excluding carboxylic acids is 1. The first-order chi connectivity index (χ1) is 13.2. The zero-order chi connectivity index (χ0) is 20.5. The Bertz CT molecular complexity index is 1160. The molecule has 28 heavy (non-hydrogen) atoms. The van der Waals surface area contributed by atoms with Gasteiger partial charge in [0.1, 0.15) is 4.90 Å². The van der Waals surface area contributed by atoms with Gasteiger partial charge in [-0.1, -0.05) is 17.7 Å². The highest BCUT2D eigenvalue weighted by atomic mass is 35.5. The van der Waals surface area contributed by atoms with Gasteiger partial charge in [-0.25, -0.2) is 18.1 Å². The molecule has 0 atom stereocenters. The Hall–Kier alpha value is -2.49. The third-order valence-corrected chi connectivity index (χ3v) is 5.93. The van der Waals surface area contributed by atoms with Gasteiger partial charge in [-0.3, -0.25) is 9.48 Å². The van der Waals surface area contributed by atoms with Crippen molar-refractivity contribution in [1.82, 2.24) is 19.5 Å². The molecule has 10 heteroatoms. The van der Waals surface area contributed by atoms with Gasteiger partial charge in [0.25, 0.3) is 0 Å². The van der Waals surface area contributed by atoms with Crippen LogP contribution < -0.4 is 10.0 Å². The summed E-state index contributed by atoms with van der Waals surface area (Å²) in [7, 11) is -2.05. The second-order valence-electron chi connectivity index (χ2n) is 6.43. The number of aromatic nitrogens is 3. The summed E-state index contributed by atoms with van der Waals surface area (Å²) in [5.74, 6) is -0.342. The van der Waals surface area contributed by atoms with E-state index in [1.807, 2.05) is 13.0 Å². The first-order valence-electron chi connectivity index (χ1n) is 8.52. The minimum Gasteiger partial charge on any atom is -0.325 e. The zero-order valence-electron chi connectivity index (χ0n) is 15.7. The minimum absolute atomic E-state index is 0.0260. The van der Waals surface area contributed by atoms with E-state index in [1.165, 1.54) is 12.3 Å². The molecule has 1 amide bonds. The van der Waals surface area contributed by atoms with Crippen molar-refractivity contribution >= 4 is 44.3 Å². The quantitative estimate of drug-likeness (QED) is 0.636. The zero-order valence-corrected chi connectivity index (χ0v) is 17.2. The molecule has 3 rings (SSSR count). The number of hydrogen-bond acceptors (Lipinski definition) is 5. The number of rotatable bonds is 6. The smallest absolute Gasteiger partial charge is 0.242 e. The molecule has 148 valence electrons. The van der Waals surface area contributed by atoms with Crippen molar-refractivity contribution in [2.45, 2.75) is 25.2 Å². The number of amides is 1. The van der Waals surface area contributed by atoms with Crippen molar-refractivity contribution in [3.63, 3.8) is 0 Å². The molecule has 0 fully saturated rings. The summed E-state index contributed by atoms with van der Waals surface area (Å²) in [5.41, 5.74) is 2.76. The molecule has 3 aromatic rings. The maximum Gasteiger partial charge on any atom is 0.242 e. The molecule has 0 bridgehead atoms. The molecule has 0 unspecified atom stereocenters. The van der Waals surface area contributed by atoms with Gasteiger partial charge in [0.2, 0.25) is 15.9 Å². The number of aryl methyl sites for hydroxylation is 3. The summed E-state index contributed by atoms with van der Waals surface area (Å²) < 4.78 is 29.0. The third kappa shape index (κ3) is 4.32. The van der Waals surface area contributed by atoms with Crippen LogP contribution in [0.4, 0.5) is 5.69 Å². The predicted molar refractivity (Wildman–Crippen MR) is 108 cm³/mol. The third-order valence-electron chi connectivity index (χ3n) is 4.19. The molecule has 0 spiro atoms. The molecule has 2 aromatic heterocycles. The Morgan fingerprint density at radius 1 is 1.25 bits per heavy atom. The maximum absolute atomic E-state index is 12.5. The molecular formula is C18H20ClN5O3S. The summed E-state index contributed by atoms with van der Waals surface area (Å²) >= 11 is 6.08. The highest BCUT2D eigenvalue weighted by Gasteiger charge is 2.18. The van der Waals surface area contributed by atoms with E-state index in [0.29, 0.717) is 27.4 Å². The van der Waals surface area contributed by atoms with Gasteiger partial charge >= 0.3 is 0 Å². The highest BCUT2D eigenvalue weighted by Crippen LogP contribution is 2.23. The molecule has 2 N–H and O–H groups in total. The SMILES string of the molecule is Cc1ccc(NC(=O)CCNS(=O)(=O)c2cnc3c(c2)c(C)nn3C)c(Cl)c1. The highest BCUT2D eigenvalue weighted by molar-refractivity contribution is 7.89. The Morgan fingerprint density at radius 3 is 2.71 bits per heavy atom. The van der Waals surface area contributed by atoms with Gasteiger partial charge in [-0.05, 0) is 37.6 Å². The summed E-state index contributed by atoms with van der Waals surface area (Å²) in [4.78, 5) is 16.3. The molecule has 0 saturated carbocycles. The maximum atomic E-state index is 12.5. The fourth-order valence-electron chi connectivity index (χ4n) is 2.75. The molecule has 0 aliphatic rings. The molecule has 0 aliphatic heterocycles. The molecular weight excluding hydrogens is 402 g/mol. The Morgan fingerprint density at radius 2 is 2.00 bits per heavy atom. The number of halogens is 1. The first kappa shape index (κ1) is 20.2. The van der Waals surface area contributed by atoms with E-state index in [4.69, 9.17) is 11.6 Å². The van der Waals surface area contributed by atoms with Crippen molar-refractivity contribution in [2.75, 3.05) is 11.9 Å². The summed E-state index contributed by atoms with van der Waals surface area (Å²) in [5, 5.41) is 7.99. The van der Waals surface area contributed by atoms with Crippen LogP contribution in [0.1, 0.15) is 17.7 Å². The van der Waals surface area contributed by atoms with E-state index in [2.05, 4.69) is 20.1 Å². The average molecular weight is 422 g/mol. The molecule has 2 heterocycles. The summed E-state index contributed by atoms with van der Waals surface area (Å²) in [6, 6.07) is 6.80. The molecule has 0 aliphatic carbocycles. The second kappa shape index (κ2) is 7.86. The van der Waals surface area contributed by atoms with Crippen LogP contribution in [0, 0.1) is 13.8 Å². The molecule has 0 saturated heterocycles. The number of carbonyl (C=O) groups is 1. The largest absolute Gasteiger partial charge is 0.325 e. The predicted octanol–water partition coefficient (Wildman–Crippen LogP) is 2.55. The Labute approximate surface area is 168 Å². The van der Waals surface area contributed by atoms with E-state index in [1.54, 1.807) is 30.8 Å². The van der Waals surface area contributed by atoms with Crippen molar-refractivity contribution in [2.24, 2.45) is 7.05 Å². The van der Waals surface area contributed by atoms with Crippen LogP contribution in [0.25, 0.3) is 11.0 Å². The van der Waals surface area contributed by atoms with Gasteiger partial charge in [0.05, 0.1) is 16.4 Å². The van der Waals surface area contributed by atoms with E-state index >= 15 is 0 Å². The number of hydrogen-bond donors (Lipinski definition) is 2. The Kier molecular flexibility index (Phi) is 5.69. The fourth-order valence-corrected chi connectivity index (χ4v) is 4.04. The lowest BCUT2D eigenvalue weighted by atomic mass is 10.2. The fraction of sp³-hybridized carbons (Fsp3) is 0.278. The molecule has 1 aromatic carbocycles. The van der Waals surface area contributed by atoms with Crippen LogP contribution >= 0.6 is 11.6 Å². The number of fused-ring (bicyclic) bond motifs is 1. The van der Waals surface area contributed by atoms with Crippen LogP contribution in [-0.4, -0.2) is 35.6 Å². The lowest BCUT2D eigenvalue weighted by Crippen LogP contribution is -2.28. The number of sulfonamides is 1. The topological polar surface area (TPSA) is 106 Å². The van der Waals surface area contributed by atoms with Crippen molar-refractivity contribution < 1.29 is 13.2 Å². The van der Waals surface area contributed by atoms with Gasteiger partial charge in [0, 0.05) is 31.6 Å². The normalized spacial score (nSPS) is 11.7. The van der Waals surface area contributed by atoms with Gasteiger partial charge in [0.15, 0.2) is 5.65 Å². The van der Waals surface area contributed by atoms with E-state index in [9.17, 15) is 13.2 Å². The van der Waals surface area contributed by atoms with Crippen LogP contribution in [-0.2, 0) is 21.9 Å². The Balaban J connectivity index is 1.63. The molecule has 0 radical (unpaired) electrons. The first-order valence-corrected chi connectivity index (χ1v) is 10.4. The summed E-state index contributed by atoms with van der Waals surface area (Å²) in [6.07, 6.45) is 1.24. The monoisotopic (exact) mass is 421 g/mol. The average Bonchev–Trinajstić information content (AvgIpc) is 2.91. The van der Waals surface area contributed by atoms with Crippen molar-refractivity contribution in [1.29, 1.82) is 0 Å². The van der Waals surface area contributed by atoms with Crippen LogP contribution in [0.5, 0.6) is 0 Å².